The molecule has 2 atom stereocenters. The van der Waals surface area contributed by atoms with Crippen molar-refractivity contribution in [2.45, 2.75) is 37.8 Å². The zero-order chi connectivity index (χ0) is 13.1. The molecule has 0 bridgehead atoms. The van der Waals surface area contributed by atoms with Crippen molar-refractivity contribution in [2.75, 3.05) is 39.8 Å². The van der Waals surface area contributed by atoms with Crippen LogP contribution in [0.4, 0.5) is 0 Å². The van der Waals surface area contributed by atoms with Crippen LogP contribution in [0.2, 0.25) is 0 Å². The molecule has 1 aliphatic carbocycles. The van der Waals surface area contributed by atoms with E-state index in [0.29, 0.717) is 12.1 Å². The van der Waals surface area contributed by atoms with Crippen LogP contribution in [-0.2, 0) is 4.74 Å². The number of hydrogen-bond donors (Lipinski definition) is 2. The van der Waals surface area contributed by atoms with E-state index in [0.717, 1.165) is 38.1 Å². The molecule has 2 unspecified atom stereocenters. The molecular weight excluding hydrogens is 240 g/mol. The quantitative estimate of drug-likeness (QED) is 0.572. The molecular formula is C14H26N4O. The lowest BCUT2D eigenvalue weighted by Crippen LogP contribution is -2.51. The Labute approximate surface area is 115 Å². The molecule has 3 rings (SSSR count). The number of aliphatic imine (C=N–C) groups is 1. The van der Waals surface area contributed by atoms with Crippen LogP contribution < -0.4 is 10.6 Å². The number of ether oxygens (including phenoxy) is 1. The minimum atomic E-state index is 0.300. The highest BCUT2D eigenvalue weighted by molar-refractivity contribution is 5.79. The third-order valence-corrected chi connectivity index (χ3v) is 4.44. The molecule has 3 fully saturated rings. The fraction of sp³-hybridized carbons (Fsp3) is 0.929. The summed E-state index contributed by atoms with van der Waals surface area (Å²) in [4.78, 5) is 6.84. The van der Waals surface area contributed by atoms with E-state index in [9.17, 15) is 0 Å². The molecule has 0 amide bonds. The lowest BCUT2D eigenvalue weighted by atomic mass is 10.2. The topological polar surface area (TPSA) is 48.9 Å². The first-order valence-corrected chi connectivity index (χ1v) is 7.65. The average Bonchev–Trinajstić information content (AvgIpc) is 3.15. The summed E-state index contributed by atoms with van der Waals surface area (Å²) in [7, 11) is 1.83. The van der Waals surface area contributed by atoms with Crippen molar-refractivity contribution in [3.63, 3.8) is 0 Å². The molecule has 0 aromatic carbocycles. The Morgan fingerprint density at radius 2 is 2.11 bits per heavy atom. The Kier molecular flexibility index (Phi) is 4.23. The van der Waals surface area contributed by atoms with E-state index in [4.69, 9.17) is 4.74 Å². The second-order valence-electron chi connectivity index (χ2n) is 6.02. The SMILES string of the molecule is CN=C(NCC1CC1)NCC1CN2CCCC2CO1. The Morgan fingerprint density at radius 3 is 2.89 bits per heavy atom. The summed E-state index contributed by atoms with van der Waals surface area (Å²) >= 11 is 0. The molecule has 2 heterocycles. The van der Waals surface area contributed by atoms with Gasteiger partial charge in [0.05, 0.1) is 12.7 Å². The van der Waals surface area contributed by atoms with Gasteiger partial charge < -0.3 is 15.4 Å². The van der Waals surface area contributed by atoms with E-state index >= 15 is 0 Å². The number of guanidine groups is 1. The van der Waals surface area contributed by atoms with Gasteiger partial charge in [0.2, 0.25) is 0 Å². The zero-order valence-electron chi connectivity index (χ0n) is 11.9. The minimum absolute atomic E-state index is 0.300. The maximum Gasteiger partial charge on any atom is 0.191 e. The lowest BCUT2D eigenvalue weighted by molar-refractivity contribution is -0.0453. The van der Waals surface area contributed by atoms with Crippen LogP contribution in [-0.4, -0.2) is 62.8 Å². The maximum atomic E-state index is 5.94. The van der Waals surface area contributed by atoms with Gasteiger partial charge in [-0.2, -0.15) is 0 Å². The Bertz CT molecular complexity index is 329. The van der Waals surface area contributed by atoms with Crippen LogP contribution in [0.25, 0.3) is 0 Å². The van der Waals surface area contributed by atoms with Gasteiger partial charge in [-0.05, 0) is 38.1 Å². The van der Waals surface area contributed by atoms with Crippen molar-refractivity contribution >= 4 is 5.96 Å². The normalized spacial score (nSPS) is 32.2. The summed E-state index contributed by atoms with van der Waals surface area (Å²) in [6.07, 6.45) is 5.68. The van der Waals surface area contributed by atoms with E-state index in [1.807, 2.05) is 7.05 Å². The second kappa shape index (κ2) is 6.09. The molecule has 19 heavy (non-hydrogen) atoms. The van der Waals surface area contributed by atoms with Crippen molar-refractivity contribution in [3.05, 3.63) is 0 Å². The molecule has 0 aromatic heterocycles. The summed E-state index contributed by atoms with van der Waals surface area (Å²) < 4.78 is 5.94. The van der Waals surface area contributed by atoms with E-state index in [1.165, 1.54) is 32.2 Å². The van der Waals surface area contributed by atoms with E-state index in [-0.39, 0.29) is 0 Å². The number of hydrogen-bond acceptors (Lipinski definition) is 3. The summed E-state index contributed by atoms with van der Waals surface area (Å²) in [6, 6.07) is 0.684. The second-order valence-corrected chi connectivity index (χ2v) is 6.02. The molecule has 1 saturated carbocycles. The summed E-state index contributed by atoms with van der Waals surface area (Å²) in [5.41, 5.74) is 0. The van der Waals surface area contributed by atoms with Gasteiger partial charge in [-0.1, -0.05) is 0 Å². The van der Waals surface area contributed by atoms with Crippen LogP contribution in [0.3, 0.4) is 0 Å². The van der Waals surface area contributed by atoms with Crippen molar-refractivity contribution in [1.29, 1.82) is 0 Å². The molecule has 2 aliphatic heterocycles. The minimum Gasteiger partial charge on any atom is -0.373 e. The largest absolute Gasteiger partial charge is 0.373 e. The highest BCUT2D eigenvalue weighted by atomic mass is 16.5. The molecule has 0 aromatic rings. The fourth-order valence-electron chi connectivity index (χ4n) is 3.00. The van der Waals surface area contributed by atoms with Crippen molar-refractivity contribution in [3.8, 4) is 0 Å². The molecule has 5 nitrogen and oxygen atoms in total. The average molecular weight is 266 g/mol. The molecule has 5 heteroatoms. The van der Waals surface area contributed by atoms with Crippen molar-refractivity contribution in [2.24, 2.45) is 10.9 Å². The smallest absolute Gasteiger partial charge is 0.191 e. The fourth-order valence-corrected chi connectivity index (χ4v) is 3.00. The highest BCUT2D eigenvalue weighted by Crippen LogP contribution is 2.27. The Hall–Kier alpha value is -0.810. The van der Waals surface area contributed by atoms with Crippen LogP contribution in [0.15, 0.2) is 4.99 Å². The van der Waals surface area contributed by atoms with Crippen LogP contribution in [0, 0.1) is 5.92 Å². The molecule has 0 radical (unpaired) electrons. The Balaban J connectivity index is 1.38. The Morgan fingerprint density at radius 1 is 1.26 bits per heavy atom. The molecule has 2 saturated heterocycles. The number of rotatable bonds is 4. The summed E-state index contributed by atoms with van der Waals surface area (Å²) in [5, 5.41) is 6.78. The summed E-state index contributed by atoms with van der Waals surface area (Å²) in [6.45, 7) is 5.13. The van der Waals surface area contributed by atoms with Gasteiger partial charge in [-0.3, -0.25) is 9.89 Å². The predicted molar refractivity (Wildman–Crippen MR) is 76.4 cm³/mol. The number of fused-ring (bicyclic) bond motifs is 1. The zero-order valence-corrected chi connectivity index (χ0v) is 11.9. The molecule has 3 aliphatic rings. The number of nitrogens with one attached hydrogen (secondary N) is 2. The first-order valence-electron chi connectivity index (χ1n) is 7.65. The molecule has 2 N–H and O–H groups in total. The van der Waals surface area contributed by atoms with Crippen LogP contribution in [0.5, 0.6) is 0 Å². The van der Waals surface area contributed by atoms with Crippen molar-refractivity contribution < 1.29 is 4.74 Å². The van der Waals surface area contributed by atoms with Gasteiger partial charge >= 0.3 is 0 Å². The van der Waals surface area contributed by atoms with Gasteiger partial charge in [-0.15, -0.1) is 0 Å². The standard InChI is InChI=1S/C14H26N4O/c1-15-14(16-7-11-4-5-11)17-8-13-9-18-6-2-3-12(18)10-19-13/h11-13H,2-10H2,1H3,(H2,15,16,17). The highest BCUT2D eigenvalue weighted by Gasteiger charge is 2.32. The number of morpholine rings is 1. The maximum absolute atomic E-state index is 5.94. The van der Waals surface area contributed by atoms with Gasteiger partial charge in [0, 0.05) is 32.7 Å². The first-order chi connectivity index (χ1) is 9.35. The monoisotopic (exact) mass is 266 g/mol. The number of nitrogens with zero attached hydrogens (tertiary/aromatic N) is 2. The van der Waals surface area contributed by atoms with Crippen LogP contribution in [0.1, 0.15) is 25.7 Å². The van der Waals surface area contributed by atoms with E-state index < -0.39 is 0 Å². The van der Waals surface area contributed by atoms with Gasteiger partial charge in [-0.25, -0.2) is 0 Å². The van der Waals surface area contributed by atoms with Gasteiger partial charge in [0.15, 0.2) is 5.96 Å². The van der Waals surface area contributed by atoms with Gasteiger partial charge in [0.1, 0.15) is 0 Å². The van der Waals surface area contributed by atoms with Gasteiger partial charge in [0.25, 0.3) is 0 Å². The molecule has 0 spiro atoms. The first kappa shape index (κ1) is 13.2. The third kappa shape index (κ3) is 3.60. The lowest BCUT2D eigenvalue weighted by Gasteiger charge is -2.35. The molecule has 108 valence electrons. The van der Waals surface area contributed by atoms with E-state index in [2.05, 4.69) is 20.5 Å². The van der Waals surface area contributed by atoms with Crippen molar-refractivity contribution in [1.82, 2.24) is 15.5 Å². The van der Waals surface area contributed by atoms with E-state index in [1.54, 1.807) is 0 Å². The summed E-state index contributed by atoms with van der Waals surface area (Å²) in [5.74, 6) is 1.79. The van der Waals surface area contributed by atoms with Crippen LogP contribution >= 0.6 is 0 Å². The predicted octanol–water partition coefficient (Wildman–Crippen LogP) is 0.425. The third-order valence-electron chi connectivity index (χ3n) is 4.44.